The number of aromatic nitrogens is 4. The van der Waals surface area contributed by atoms with Crippen LogP contribution in [0.2, 0.25) is 0 Å². The Labute approximate surface area is 219 Å². The van der Waals surface area contributed by atoms with Gasteiger partial charge in [0.05, 0.1) is 35.1 Å². The zero-order chi connectivity index (χ0) is 28.1. The van der Waals surface area contributed by atoms with Gasteiger partial charge < -0.3 is 16.0 Å². The van der Waals surface area contributed by atoms with Crippen LogP contribution in [0, 0.1) is 12.8 Å². The predicted octanol–water partition coefficient (Wildman–Crippen LogP) is 3.51. The summed E-state index contributed by atoms with van der Waals surface area (Å²) in [5.74, 6) is -1.66. The molecule has 0 aromatic carbocycles. The number of carbonyl (C=O) groups is 2. The fraction of sp³-hybridized carbons (Fsp3) is 0.480. The number of nitrogen functional groups attached to an aromatic ring is 1. The van der Waals surface area contributed by atoms with Gasteiger partial charge in [0.1, 0.15) is 24.2 Å². The topological polar surface area (TPSA) is 119 Å². The van der Waals surface area contributed by atoms with Crippen LogP contribution in [0.1, 0.15) is 47.3 Å². The molecule has 1 aliphatic carbocycles. The average molecular weight is 552 g/mol. The number of nitrogens with one attached hydrogen (secondary N) is 1. The molecule has 2 fully saturated rings. The number of hydrogen-bond donors (Lipinski definition) is 2. The van der Waals surface area contributed by atoms with Crippen LogP contribution in [-0.2, 0) is 11.0 Å². The maximum atomic E-state index is 14.9. The zero-order valence-corrected chi connectivity index (χ0v) is 20.9. The lowest BCUT2D eigenvalue weighted by molar-refractivity contribution is -0.137. The Balaban J connectivity index is 1.37. The van der Waals surface area contributed by atoms with Gasteiger partial charge in [0.15, 0.2) is 5.82 Å². The third-order valence-electron chi connectivity index (χ3n) is 7.40. The number of halogens is 5. The van der Waals surface area contributed by atoms with E-state index in [-0.39, 0.29) is 53.2 Å². The predicted molar refractivity (Wildman–Crippen MR) is 130 cm³/mol. The molecule has 5 rings (SSSR count). The Morgan fingerprint density at radius 2 is 1.79 bits per heavy atom. The second kappa shape index (κ2) is 10.0. The van der Waals surface area contributed by atoms with Gasteiger partial charge in [-0.25, -0.2) is 18.3 Å². The molecular weight excluding hydrogens is 525 g/mol. The van der Waals surface area contributed by atoms with E-state index in [0.29, 0.717) is 25.7 Å². The van der Waals surface area contributed by atoms with Gasteiger partial charge >= 0.3 is 6.18 Å². The van der Waals surface area contributed by atoms with Crippen LogP contribution in [0.4, 0.5) is 27.8 Å². The molecule has 1 saturated carbocycles. The molecule has 3 aromatic rings. The molecule has 2 aliphatic rings. The van der Waals surface area contributed by atoms with Gasteiger partial charge in [-0.1, -0.05) is 0 Å². The fourth-order valence-electron chi connectivity index (χ4n) is 5.28. The first-order valence-corrected chi connectivity index (χ1v) is 12.5. The number of nitrogens with zero attached hydrogens (tertiary/aromatic N) is 5. The fourth-order valence-corrected chi connectivity index (χ4v) is 5.28. The minimum atomic E-state index is -4.74. The Hall–Kier alpha value is -3.84. The first kappa shape index (κ1) is 26.8. The normalized spacial score (nSPS) is 23.8. The SMILES string of the molecule is Cc1ncc(-c2cc(C(F)(F)F)c3c(N)ncnn23)cc1C(=O)NC1CN(C(=O)C2CCC(F)CC2)CC1F. The summed E-state index contributed by atoms with van der Waals surface area (Å²) in [5, 5.41) is 6.49. The molecule has 2 atom stereocenters. The molecule has 1 aliphatic heterocycles. The molecule has 14 heteroatoms. The summed E-state index contributed by atoms with van der Waals surface area (Å²) in [6, 6.07) is 1.21. The first-order chi connectivity index (χ1) is 18.4. The largest absolute Gasteiger partial charge is 0.418 e. The maximum Gasteiger partial charge on any atom is 0.418 e. The van der Waals surface area contributed by atoms with E-state index in [2.05, 4.69) is 20.4 Å². The second-order valence-corrected chi connectivity index (χ2v) is 9.99. The smallest absolute Gasteiger partial charge is 0.382 e. The summed E-state index contributed by atoms with van der Waals surface area (Å²) in [4.78, 5) is 35.1. The van der Waals surface area contributed by atoms with Gasteiger partial charge in [-0.05, 0) is 44.7 Å². The van der Waals surface area contributed by atoms with Crippen molar-refractivity contribution in [3.8, 4) is 11.3 Å². The molecule has 39 heavy (non-hydrogen) atoms. The summed E-state index contributed by atoms with van der Waals surface area (Å²) in [7, 11) is 0. The van der Waals surface area contributed by atoms with Gasteiger partial charge in [0, 0.05) is 24.2 Å². The van der Waals surface area contributed by atoms with E-state index < -0.39 is 41.5 Å². The highest BCUT2D eigenvalue weighted by Gasteiger charge is 2.40. The number of rotatable bonds is 4. The summed E-state index contributed by atoms with van der Waals surface area (Å²) in [6.45, 7) is 1.31. The number of carbonyl (C=O) groups excluding carboxylic acids is 2. The minimum absolute atomic E-state index is 0.0167. The quantitative estimate of drug-likeness (QED) is 0.480. The molecule has 0 bridgehead atoms. The van der Waals surface area contributed by atoms with E-state index in [9.17, 15) is 31.5 Å². The first-order valence-electron chi connectivity index (χ1n) is 12.5. The monoisotopic (exact) mass is 551 g/mol. The summed E-state index contributed by atoms with van der Waals surface area (Å²) in [5.41, 5.74) is 4.66. The molecule has 3 aromatic heterocycles. The number of likely N-dealkylation sites (tertiary alicyclic amines) is 1. The second-order valence-electron chi connectivity index (χ2n) is 9.99. The lowest BCUT2D eigenvalue weighted by Gasteiger charge is -2.27. The number of nitrogens with two attached hydrogens (primary N) is 1. The molecule has 3 N–H and O–H groups in total. The summed E-state index contributed by atoms with van der Waals surface area (Å²) >= 11 is 0. The zero-order valence-electron chi connectivity index (χ0n) is 20.9. The van der Waals surface area contributed by atoms with E-state index in [0.717, 1.165) is 16.9 Å². The highest BCUT2D eigenvalue weighted by atomic mass is 19.4. The van der Waals surface area contributed by atoms with Crippen molar-refractivity contribution in [1.29, 1.82) is 0 Å². The molecule has 9 nitrogen and oxygen atoms in total. The highest BCUT2D eigenvalue weighted by Crippen LogP contribution is 2.38. The number of amides is 2. The van der Waals surface area contributed by atoms with Crippen molar-refractivity contribution in [1.82, 2.24) is 29.8 Å². The van der Waals surface area contributed by atoms with Crippen LogP contribution >= 0.6 is 0 Å². The third-order valence-corrected chi connectivity index (χ3v) is 7.40. The molecule has 2 unspecified atom stereocenters. The third kappa shape index (κ3) is 5.11. The number of aryl methyl sites for hydroxylation is 1. The molecule has 4 heterocycles. The van der Waals surface area contributed by atoms with Crippen molar-refractivity contribution in [3.63, 3.8) is 0 Å². The maximum absolute atomic E-state index is 14.9. The van der Waals surface area contributed by atoms with Crippen LogP contribution in [0.5, 0.6) is 0 Å². The molecule has 2 amide bonds. The van der Waals surface area contributed by atoms with E-state index in [4.69, 9.17) is 5.73 Å². The standard InChI is InChI=1S/C25H26F5N7O2/c1-12-16(23(38)35-19-10-36(9-18(19)27)24(39)13-2-4-15(26)5-3-13)6-14(8-32-12)20-7-17(25(28,29)30)21-22(31)33-11-34-37(20)21/h6-8,11,13,15,18-19H,2-5,9-10H2,1H3,(H,35,38)(H2,31,33,34). The lowest BCUT2D eigenvalue weighted by atomic mass is 9.87. The average Bonchev–Trinajstić information content (AvgIpc) is 3.46. The molecule has 0 spiro atoms. The van der Waals surface area contributed by atoms with Gasteiger partial charge in [0.2, 0.25) is 5.91 Å². The Morgan fingerprint density at radius 3 is 2.49 bits per heavy atom. The number of anilines is 1. The van der Waals surface area contributed by atoms with E-state index in [1.54, 1.807) is 0 Å². The van der Waals surface area contributed by atoms with Crippen LogP contribution < -0.4 is 11.1 Å². The van der Waals surface area contributed by atoms with Crippen molar-refractivity contribution in [3.05, 3.63) is 41.5 Å². The summed E-state index contributed by atoms with van der Waals surface area (Å²) in [6.07, 6.45) is -3.46. The van der Waals surface area contributed by atoms with Crippen molar-refractivity contribution in [2.75, 3.05) is 18.8 Å². The summed E-state index contributed by atoms with van der Waals surface area (Å²) < 4.78 is 70.4. The Kier molecular flexibility index (Phi) is 6.89. The van der Waals surface area contributed by atoms with E-state index in [1.807, 2.05) is 0 Å². The number of hydrogen-bond acceptors (Lipinski definition) is 6. The molecule has 1 saturated heterocycles. The number of alkyl halides is 5. The Morgan fingerprint density at radius 1 is 1.08 bits per heavy atom. The van der Waals surface area contributed by atoms with E-state index >= 15 is 0 Å². The van der Waals surface area contributed by atoms with Crippen molar-refractivity contribution in [2.24, 2.45) is 5.92 Å². The van der Waals surface area contributed by atoms with Crippen LogP contribution in [0.3, 0.4) is 0 Å². The van der Waals surface area contributed by atoms with Gasteiger partial charge in [-0.15, -0.1) is 0 Å². The minimum Gasteiger partial charge on any atom is -0.382 e. The van der Waals surface area contributed by atoms with Crippen molar-refractivity contribution in [2.45, 2.75) is 57.2 Å². The van der Waals surface area contributed by atoms with Crippen LogP contribution in [0.15, 0.2) is 24.7 Å². The molecule has 0 radical (unpaired) electrons. The van der Waals surface area contributed by atoms with Gasteiger partial charge in [-0.3, -0.25) is 14.6 Å². The van der Waals surface area contributed by atoms with Crippen LogP contribution in [-0.4, -0.2) is 67.8 Å². The molecule has 208 valence electrons. The molecular formula is C25H26F5N7O2. The highest BCUT2D eigenvalue weighted by molar-refractivity contribution is 5.97. The van der Waals surface area contributed by atoms with Crippen molar-refractivity contribution < 1.29 is 31.5 Å². The number of fused-ring (bicyclic) bond motifs is 1. The van der Waals surface area contributed by atoms with Gasteiger partial charge in [0.25, 0.3) is 5.91 Å². The van der Waals surface area contributed by atoms with E-state index in [1.165, 1.54) is 24.1 Å². The van der Waals surface area contributed by atoms with Crippen molar-refractivity contribution >= 4 is 23.1 Å². The lowest BCUT2D eigenvalue weighted by Crippen LogP contribution is -2.42. The number of pyridine rings is 1. The Bertz CT molecular complexity index is 1420. The van der Waals surface area contributed by atoms with Gasteiger partial charge in [-0.2, -0.15) is 18.3 Å². The van der Waals surface area contributed by atoms with Crippen LogP contribution in [0.25, 0.3) is 16.8 Å².